The van der Waals surface area contributed by atoms with Gasteiger partial charge in [0.15, 0.2) is 5.78 Å². The van der Waals surface area contributed by atoms with Gasteiger partial charge in [0.2, 0.25) is 0 Å². The zero-order valence-electron chi connectivity index (χ0n) is 9.25. The highest BCUT2D eigenvalue weighted by molar-refractivity contribution is 6.02. The first-order valence-electron chi connectivity index (χ1n) is 5.43. The number of carbonyl (C=O) groups excluding carboxylic acids is 1. The molecule has 0 aliphatic heterocycles. The summed E-state index contributed by atoms with van der Waals surface area (Å²) in [6.45, 7) is 4.64. The topological polar surface area (TPSA) is 26.3 Å². The van der Waals surface area contributed by atoms with E-state index in [9.17, 15) is 4.79 Å². The van der Waals surface area contributed by atoms with Gasteiger partial charge >= 0.3 is 0 Å². The third-order valence-corrected chi connectivity index (χ3v) is 2.98. The first kappa shape index (κ1) is 10.2. The Balaban J connectivity index is 2.13. The van der Waals surface area contributed by atoms with Crippen LogP contribution >= 0.6 is 0 Å². The molecule has 0 aromatic heterocycles. The molecule has 0 N–H and O–H groups in total. The van der Waals surface area contributed by atoms with E-state index in [1.54, 1.807) is 0 Å². The molecule has 1 aromatic rings. The van der Waals surface area contributed by atoms with Crippen molar-refractivity contribution < 1.29 is 9.53 Å². The lowest BCUT2D eigenvalue weighted by molar-refractivity contribution is 0.0912. The van der Waals surface area contributed by atoms with Crippen LogP contribution in [0.5, 0.6) is 5.75 Å². The fourth-order valence-corrected chi connectivity index (χ4v) is 1.63. The average Bonchev–Trinajstić information content (AvgIpc) is 2.99. The first-order chi connectivity index (χ1) is 7.15. The van der Waals surface area contributed by atoms with Crippen LogP contribution in [0.15, 0.2) is 24.3 Å². The molecule has 0 bridgehead atoms. The predicted molar refractivity (Wildman–Crippen MR) is 59.3 cm³/mol. The highest BCUT2D eigenvalue weighted by Gasteiger charge is 2.44. The number of ketones is 1. The van der Waals surface area contributed by atoms with E-state index in [1.165, 1.54) is 0 Å². The molecule has 0 atom stereocenters. The van der Waals surface area contributed by atoms with Crippen LogP contribution in [-0.2, 0) is 0 Å². The number of carbonyl (C=O) groups is 1. The van der Waals surface area contributed by atoms with Crippen LogP contribution in [0.3, 0.4) is 0 Å². The van der Waals surface area contributed by atoms with Crippen molar-refractivity contribution in [1.29, 1.82) is 0 Å². The Hall–Kier alpha value is -1.31. The summed E-state index contributed by atoms with van der Waals surface area (Å²) in [5.74, 6) is 1.10. The van der Waals surface area contributed by atoms with E-state index in [0.717, 1.165) is 24.2 Å². The molecular formula is C13H16O2. The lowest BCUT2D eigenvalue weighted by Gasteiger charge is -2.08. The van der Waals surface area contributed by atoms with Gasteiger partial charge in [0, 0.05) is 11.0 Å². The molecule has 1 aliphatic carbocycles. The summed E-state index contributed by atoms with van der Waals surface area (Å²) in [4.78, 5) is 12.0. The molecule has 0 amide bonds. The molecule has 1 fully saturated rings. The second kappa shape index (κ2) is 3.69. The second-order valence-corrected chi connectivity index (χ2v) is 4.35. The summed E-state index contributed by atoms with van der Waals surface area (Å²) in [5.41, 5.74) is 0.728. The van der Waals surface area contributed by atoms with Gasteiger partial charge in [0.05, 0.1) is 6.61 Å². The van der Waals surface area contributed by atoms with Gasteiger partial charge in [-0.2, -0.15) is 0 Å². The van der Waals surface area contributed by atoms with Gasteiger partial charge in [-0.3, -0.25) is 4.79 Å². The third kappa shape index (κ3) is 2.04. The molecule has 0 spiro atoms. The van der Waals surface area contributed by atoms with Gasteiger partial charge in [-0.25, -0.2) is 0 Å². The van der Waals surface area contributed by atoms with Crippen molar-refractivity contribution in [2.45, 2.75) is 26.7 Å². The number of hydrogen-bond donors (Lipinski definition) is 0. The summed E-state index contributed by atoms with van der Waals surface area (Å²) in [6.07, 6.45) is 2.05. The molecule has 2 nitrogen and oxygen atoms in total. The van der Waals surface area contributed by atoms with E-state index < -0.39 is 0 Å². The van der Waals surface area contributed by atoms with Crippen molar-refractivity contribution >= 4 is 5.78 Å². The molecule has 2 heteroatoms. The summed E-state index contributed by atoms with van der Waals surface area (Å²) in [5, 5.41) is 0. The lowest BCUT2D eigenvalue weighted by Crippen LogP contribution is -2.11. The van der Waals surface area contributed by atoms with Crippen molar-refractivity contribution in [3.63, 3.8) is 0 Å². The molecule has 1 aliphatic rings. The largest absolute Gasteiger partial charge is 0.494 e. The minimum atomic E-state index is -0.0763. The van der Waals surface area contributed by atoms with Gasteiger partial charge in [0.1, 0.15) is 5.75 Å². The Morgan fingerprint density at radius 1 is 1.33 bits per heavy atom. The van der Waals surface area contributed by atoms with Crippen molar-refractivity contribution in [3.05, 3.63) is 29.8 Å². The van der Waals surface area contributed by atoms with Crippen LogP contribution in [0.1, 0.15) is 37.0 Å². The van der Waals surface area contributed by atoms with E-state index in [2.05, 4.69) is 0 Å². The fraction of sp³-hybridized carbons (Fsp3) is 0.462. The van der Waals surface area contributed by atoms with Crippen molar-refractivity contribution in [3.8, 4) is 5.75 Å². The lowest BCUT2D eigenvalue weighted by atomic mass is 9.97. The molecule has 80 valence electrons. The third-order valence-electron chi connectivity index (χ3n) is 2.98. The van der Waals surface area contributed by atoms with E-state index in [1.807, 2.05) is 38.1 Å². The zero-order valence-corrected chi connectivity index (χ0v) is 9.25. The maximum Gasteiger partial charge on any atom is 0.168 e. The quantitative estimate of drug-likeness (QED) is 0.704. The summed E-state index contributed by atoms with van der Waals surface area (Å²) < 4.78 is 5.33. The van der Waals surface area contributed by atoms with Crippen LogP contribution in [0.25, 0.3) is 0 Å². The van der Waals surface area contributed by atoms with Gasteiger partial charge in [-0.1, -0.05) is 6.92 Å². The summed E-state index contributed by atoms with van der Waals surface area (Å²) in [6, 6.07) is 7.44. The molecule has 0 radical (unpaired) electrons. The van der Waals surface area contributed by atoms with Crippen LogP contribution in [-0.4, -0.2) is 12.4 Å². The van der Waals surface area contributed by atoms with Gasteiger partial charge in [0.25, 0.3) is 0 Å². The molecule has 2 rings (SSSR count). The van der Waals surface area contributed by atoms with E-state index >= 15 is 0 Å². The number of rotatable bonds is 4. The van der Waals surface area contributed by atoms with E-state index in [4.69, 9.17) is 4.74 Å². The van der Waals surface area contributed by atoms with Gasteiger partial charge in [-0.15, -0.1) is 0 Å². The average molecular weight is 204 g/mol. The Bertz CT molecular complexity index is 361. The minimum Gasteiger partial charge on any atom is -0.494 e. The minimum absolute atomic E-state index is 0.0763. The Morgan fingerprint density at radius 2 is 1.93 bits per heavy atom. The second-order valence-electron chi connectivity index (χ2n) is 4.35. The maximum atomic E-state index is 12.0. The molecule has 0 unspecified atom stereocenters. The van der Waals surface area contributed by atoms with E-state index in [-0.39, 0.29) is 11.2 Å². The highest BCUT2D eigenvalue weighted by atomic mass is 16.5. The van der Waals surface area contributed by atoms with Crippen LogP contribution in [0, 0.1) is 5.41 Å². The van der Waals surface area contributed by atoms with Crippen molar-refractivity contribution in [2.75, 3.05) is 6.61 Å². The smallest absolute Gasteiger partial charge is 0.168 e. The number of benzene rings is 1. The Labute approximate surface area is 90.3 Å². The summed E-state index contributed by atoms with van der Waals surface area (Å²) >= 11 is 0. The molecule has 0 saturated heterocycles. The summed E-state index contributed by atoms with van der Waals surface area (Å²) in [7, 11) is 0. The number of ether oxygens (including phenoxy) is 1. The van der Waals surface area contributed by atoms with Crippen LogP contribution < -0.4 is 4.74 Å². The van der Waals surface area contributed by atoms with Gasteiger partial charge in [-0.05, 0) is 44.0 Å². The van der Waals surface area contributed by atoms with Crippen molar-refractivity contribution in [1.82, 2.24) is 0 Å². The molecule has 15 heavy (non-hydrogen) atoms. The van der Waals surface area contributed by atoms with E-state index in [0.29, 0.717) is 6.61 Å². The van der Waals surface area contributed by atoms with Crippen molar-refractivity contribution in [2.24, 2.45) is 5.41 Å². The fourth-order valence-electron chi connectivity index (χ4n) is 1.63. The SMILES string of the molecule is CCOc1ccc(C(=O)C2(C)CC2)cc1. The normalized spacial score (nSPS) is 17.2. The number of hydrogen-bond acceptors (Lipinski definition) is 2. The zero-order chi connectivity index (χ0) is 10.9. The standard InChI is InChI=1S/C13H16O2/c1-3-15-11-6-4-10(5-7-11)12(14)13(2)8-9-13/h4-7H,3,8-9H2,1-2H3. The molecular weight excluding hydrogens is 188 g/mol. The number of Topliss-reactive ketones (excluding diaryl/α,β-unsaturated/α-hetero) is 1. The highest BCUT2D eigenvalue weighted by Crippen LogP contribution is 2.47. The Morgan fingerprint density at radius 3 is 2.40 bits per heavy atom. The predicted octanol–water partition coefficient (Wildman–Crippen LogP) is 3.07. The molecule has 0 heterocycles. The maximum absolute atomic E-state index is 12.0. The van der Waals surface area contributed by atoms with Crippen LogP contribution in [0.2, 0.25) is 0 Å². The first-order valence-corrected chi connectivity index (χ1v) is 5.43. The van der Waals surface area contributed by atoms with Crippen LogP contribution in [0.4, 0.5) is 0 Å². The monoisotopic (exact) mass is 204 g/mol. The van der Waals surface area contributed by atoms with Gasteiger partial charge < -0.3 is 4.74 Å². The molecule has 1 aromatic carbocycles. The molecule has 1 saturated carbocycles. The Kier molecular flexibility index (Phi) is 2.51.